The highest BCUT2D eigenvalue weighted by Gasteiger charge is 2.44. The molecule has 2 heterocycles. The van der Waals surface area contributed by atoms with Gasteiger partial charge < -0.3 is 14.1 Å². The summed E-state index contributed by atoms with van der Waals surface area (Å²) in [5, 5.41) is 0.141. The van der Waals surface area contributed by atoms with Gasteiger partial charge in [0.25, 0.3) is 0 Å². The van der Waals surface area contributed by atoms with Gasteiger partial charge in [-0.1, -0.05) is 26.8 Å². The summed E-state index contributed by atoms with van der Waals surface area (Å²) in [7, 11) is -1.80. The predicted octanol–water partition coefficient (Wildman–Crippen LogP) is 2.44. The predicted molar refractivity (Wildman–Crippen MR) is 82.1 cm³/mol. The molecule has 21 heavy (non-hydrogen) atoms. The molecule has 2 rings (SSSR count). The number of rotatable bonds is 5. The number of esters is 1. The first-order chi connectivity index (χ1) is 9.63. The summed E-state index contributed by atoms with van der Waals surface area (Å²) < 4.78 is 11.2. The van der Waals surface area contributed by atoms with Crippen molar-refractivity contribution in [2.24, 2.45) is 0 Å². The SMILES string of the molecule is CC(C)(C)[Si](C)(C)OCCOC(=O)C1=CC[C@@H]2CC(=O)N12. The minimum absolute atomic E-state index is 0.0122. The quantitative estimate of drug-likeness (QED) is 0.339. The number of amides is 1. The Kier molecular flexibility index (Phi) is 4.30. The van der Waals surface area contributed by atoms with Crippen LogP contribution in [-0.2, 0) is 18.8 Å². The number of β-lactam (4-membered cyclic amide) rings is 1. The Labute approximate surface area is 127 Å². The first-order valence-corrected chi connectivity index (χ1v) is 10.4. The Bertz CT molecular complexity index is 479. The van der Waals surface area contributed by atoms with Crippen molar-refractivity contribution >= 4 is 20.2 Å². The monoisotopic (exact) mass is 311 g/mol. The van der Waals surface area contributed by atoms with Crippen molar-refractivity contribution in [3.05, 3.63) is 11.8 Å². The highest BCUT2D eigenvalue weighted by molar-refractivity contribution is 6.74. The molecular weight excluding hydrogens is 286 g/mol. The van der Waals surface area contributed by atoms with Crippen LogP contribution in [0.4, 0.5) is 0 Å². The van der Waals surface area contributed by atoms with Crippen molar-refractivity contribution in [1.29, 1.82) is 0 Å². The number of carbonyl (C=O) groups excluding carboxylic acids is 2. The molecule has 0 N–H and O–H groups in total. The number of hydrogen-bond acceptors (Lipinski definition) is 4. The van der Waals surface area contributed by atoms with E-state index in [0.29, 0.717) is 18.7 Å². The molecule has 118 valence electrons. The van der Waals surface area contributed by atoms with E-state index in [1.165, 1.54) is 0 Å². The molecule has 0 saturated carbocycles. The zero-order valence-electron chi connectivity index (χ0n) is 13.6. The lowest BCUT2D eigenvalue weighted by atomic mass is 10.0. The number of hydrogen-bond donors (Lipinski definition) is 0. The van der Waals surface area contributed by atoms with Crippen LogP contribution in [0.25, 0.3) is 0 Å². The van der Waals surface area contributed by atoms with Gasteiger partial charge in [-0.3, -0.25) is 4.79 Å². The fourth-order valence-corrected chi connectivity index (χ4v) is 3.28. The molecule has 2 aliphatic heterocycles. The van der Waals surface area contributed by atoms with E-state index in [1.807, 2.05) is 0 Å². The van der Waals surface area contributed by atoms with Crippen LogP contribution < -0.4 is 0 Å². The Morgan fingerprint density at radius 1 is 1.38 bits per heavy atom. The van der Waals surface area contributed by atoms with Crippen molar-refractivity contribution in [1.82, 2.24) is 4.90 Å². The van der Waals surface area contributed by atoms with Gasteiger partial charge in [0.2, 0.25) is 5.91 Å². The van der Waals surface area contributed by atoms with E-state index in [0.717, 1.165) is 6.42 Å². The van der Waals surface area contributed by atoms with Gasteiger partial charge in [0.15, 0.2) is 8.32 Å². The number of fused-ring (bicyclic) bond motifs is 1. The fraction of sp³-hybridized carbons (Fsp3) is 0.733. The minimum atomic E-state index is -1.80. The van der Waals surface area contributed by atoms with Crippen LogP contribution in [0, 0.1) is 0 Å². The second-order valence-electron chi connectivity index (χ2n) is 7.19. The molecule has 0 aromatic carbocycles. The van der Waals surface area contributed by atoms with E-state index in [9.17, 15) is 9.59 Å². The molecule has 1 atom stereocenters. The van der Waals surface area contributed by atoms with Gasteiger partial charge >= 0.3 is 5.97 Å². The normalized spacial score (nSPS) is 21.8. The molecule has 0 aromatic rings. The summed E-state index contributed by atoms with van der Waals surface area (Å²) in [6.45, 7) is 11.5. The van der Waals surface area contributed by atoms with Crippen LogP contribution in [0.1, 0.15) is 33.6 Å². The lowest BCUT2D eigenvalue weighted by Gasteiger charge is -2.36. The standard InChI is InChI=1S/C15H25NO4Si/c1-15(2,3)21(4,5)20-9-8-19-14(18)12-7-6-11-10-13(17)16(11)12/h7,11H,6,8-10H2,1-5H3/t11-/m1/s1. The largest absolute Gasteiger partial charge is 0.459 e. The van der Waals surface area contributed by atoms with Gasteiger partial charge in [-0.05, 0) is 24.6 Å². The molecular formula is C15H25NO4Si. The number of ether oxygens (including phenoxy) is 1. The van der Waals surface area contributed by atoms with E-state index >= 15 is 0 Å². The Hall–Kier alpha value is -1.14. The minimum Gasteiger partial charge on any atom is -0.459 e. The van der Waals surface area contributed by atoms with Gasteiger partial charge in [-0.2, -0.15) is 0 Å². The van der Waals surface area contributed by atoms with Gasteiger partial charge in [-0.25, -0.2) is 4.79 Å². The third kappa shape index (κ3) is 3.21. The Morgan fingerprint density at radius 3 is 2.62 bits per heavy atom. The van der Waals surface area contributed by atoms with E-state index in [2.05, 4.69) is 33.9 Å². The summed E-state index contributed by atoms with van der Waals surface area (Å²) in [5.41, 5.74) is 0.406. The maximum Gasteiger partial charge on any atom is 0.354 e. The second kappa shape index (κ2) is 5.57. The topological polar surface area (TPSA) is 55.8 Å². The Balaban J connectivity index is 1.75. The lowest BCUT2D eigenvalue weighted by Crippen LogP contribution is -2.49. The molecule has 6 heteroatoms. The zero-order chi connectivity index (χ0) is 15.8. The average molecular weight is 311 g/mol. The molecule has 0 aliphatic carbocycles. The van der Waals surface area contributed by atoms with Crippen LogP contribution in [-0.4, -0.2) is 44.3 Å². The van der Waals surface area contributed by atoms with Crippen molar-refractivity contribution < 1.29 is 18.8 Å². The molecule has 5 nitrogen and oxygen atoms in total. The number of carbonyl (C=O) groups is 2. The lowest BCUT2D eigenvalue weighted by molar-refractivity contribution is -0.150. The first-order valence-electron chi connectivity index (χ1n) is 7.47. The van der Waals surface area contributed by atoms with Crippen molar-refractivity contribution in [2.45, 2.75) is 57.8 Å². The van der Waals surface area contributed by atoms with Crippen molar-refractivity contribution in [3.63, 3.8) is 0 Å². The number of nitrogens with zero attached hydrogens (tertiary/aromatic N) is 1. The third-order valence-corrected chi connectivity index (χ3v) is 9.22. The van der Waals surface area contributed by atoms with Crippen LogP contribution in [0.3, 0.4) is 0 Å². The van der Waals surface area contributed by atoms with E-state index in [-0.39, 0.29) is 23.6 Å². The summed E-state index contributed by atoms with van der Waals surface area (Å²) in [5.74, 6) is -0.400. The molecule has 0 spiro atoms. The molecule has 0 aromatic heterocycles. The van der Waals surface area contributed by atoms with Crippen molar-refractivity contribution in [3.8, 4) is 0 Å². The van der Waals surface area contributed by atoms with Crippen LogP contribution in [0.15, 0.2) is 11.8 Å². The highest BCUT2D eigenvalue weighted by Crippen LogP contribution is 2.36. The summed E-state index contributed by atoms with van der Waals surface area (Å²) in [6.07, 6.45) is 3.10. The third-order valence-electron chi connectivity index (χ3n) is 4.68. The average Bonchev–Trinajstić information content (AvgIpc) is 2.70. The maximum absolute atomic E-state index is 12.0. The molecule has 0 unspecified atom stereocenters. The van der Waals surface area contributed by atoms with Crippen LogP contribution in [0.5, 0.6) is 0 Å². The van der Waals surface area contributed by atoms with E-state index < -0.39 is 14.3 Å². The first kappa shape index (κ1) is 16.2. The summed E-state index contributed by atoms with van der Waals surface area (Å²) in [4.78, 5) is 25.0. The Morgan fingerprint density at radius 2 is 2.05 bits per heavy atom. The van der Waals surface area contributed by atoms with Gasteiger partial charge in [0.05, 0.1) is 6.61 Å². The van der Waals surface area contributed by atoms with Crippen molar-refractivity contribution in [2.75, 3.05) is 13.2 Å². The van der Waals surface area contributed by atoms with E-state index in [4.69, 9.17) is 9.16 Å². The maximum atomic E-state index is 12.0. The van der Waals surface area contributed by atoms with Crippen LogP contribution in [0.2, 0.25) is 18.1 Å². The second-order valence-corrected chi connectivity index (χ2v) is 12.0. The van der Waals surface area contributed by atoms with Crippen LogP contribution >= 0.6 is 0 Å². The van der Waals surface area contributed by atoms with Gasteiger partial charge in [-0.15, -0.1) is 0 Å². The highest BCUT2D eigenvalue weighted by atomic mass is 28.4. The fourth-order valence-electron chi connectivity index (χ4n) is 2.25. The molecule has 1 saturated heterocycles. The molecule has 2 aliphatic rings. The molecule has 1 fully saturated rings. The van der Waals surface area contributed by atoms with Gasteiger partial charge in [0.1, 0.15) is 12.3 Å². The molecule has 0 bridgehead atoms. The zero-order valence-corrected chi connectivity index (χ0v) is 14.6. The molecule has 1 amide bonds. The summed E-state index contributed by atoms with van der Waals surface area (Å²) in [6, 6.07) is 0.184. The smallest absolute Gasteiger partial charge is 0.354 e. The summed E-state index contributed by atoms with van der Waals surface area (Å²) >= 11 is 0. The molecule has 0 radical (unpaired) electrons. The van der Waals surface area contributed by atoms with E-state index in [1.54, 1.807) is 11.0 Å². The van der Waals surface area contributed by atoms with Gasteiger partial charge in [0, 0.05) is 12.5 Å².